The van der Waals surface area contributed by atoms with Crippen molar-refractivity contribution in [3.63, 3.8) is 0 Å². The first-order valence-electron chi connectivity index (χ1n) is 13.0. The molecule has 1 aromatic carbocycles. The fourth-order valence-electron chi connectivity index (χ4n) is 6.33. The summed E-state index contributed by atoms with van der Waals surface area (Å²) in [6.07, 6.45) is 8.88. The van der Waals surface area contributed by atoms with E-state index >= 15 is 0 Å². The van der Waals surface area contributed by atoms with Crippen LogP contribution in [-0.4, -0.2) is 67.0 Å². The number of hydrogen-bond donors (Lipinski definition) is 0. The highest BCUT2D eigenvalue weighted by atomic mass is 35.5. The van der Waals surface area contributed by atoms with Crippen LogP contribution in [0.5, 0.6) is 5.75 Å². The first-order valence-corrected chi connectivity index (χ1v) is 16.4. The third-order valence-electron chi connectivity index (χ3n) is 7.89. The molecule has 0 saturated carbocycles. The van der Waals surface area contributed by atoms with E-state index in [1.807, 2.05) is 12.1 Å². The molecule has 0 radical (unpaired) electrons. The fraction of sp³-hybridized carbons (Fsp3) is 0.577. The lowest BCUT2D eigenvalue weighted by molar-refractivity contribution is 0.0956. The summed E-state index contributed by atoms with van der Waals surface area (Å²) < 4.78 is 63.1. The predicted octanol–water partition coefficient (Wildman–Crippen LogP) is 4.38. The van der Waals surface area contributed by atoms with Gasteiger partial charge in [-0.25, -0.2) is 16.8 Å². The predicted molar refractivity (Wildman–Crippen MR) is 143 cm³/mol. The molecule has 0 spiro atoms. The molecule has 202 valence electrons. The van der Waals surface area contributed by atoms with Crippen LogP contribution >= 0.6 is 11.6 Å². The summed E-state index contributed by atoms with van der Waals surface area (Å²) in [4.78, 5) is 4.17. The molecule has 3 aliphatic rings. The second-order valence-electron chi connectivity index (χ2n) is 10.4. The highest BCUT2D eigenvalue weighted by molar-refractivity contribution is 7.89. The van der Waals surface area contributed by atoms with Gasteiger partial charge in [-0.2, -0.15) is 8.61 Å². The van der Waals surface area contributed by atoms with E-state index in [1.165, 1.54) is 4.31 Å². The van der Waals surface area contributed by atoms with Crippen molar-refractivity contribution in [2.24, 2.45) is 0 Å². The summed E-state index contributed by atoms with van der Waals surface area (Å²) in [5.41, 5.74) is 0.618. The van der Waals surface area contributed by atoms with E-state index in [0.717, 1.165) is 31.4 Å². The molecular weight excluding hydrogens is 534 g/mol. The molecule has 3 aliphatic heterocycles. The Labute approximate surface area is 225 Å². The number of ether oxygens (including phenoxy) is 1. The number of sulfonamides is 2. The van der Waals surface area contributed by atoms with Gasteiger partial charge in [-0.3, -0.25) is 4.98 Å². The molecule has 1 aromatic heterocycles. The molecule has 0 amide bonds. The van der Waals surface area contributed by atoms with E-state index in [4.69, 9.17) is 16.3 Å². The standard InChI is InChI=1S/C26H34ClN3O5S2/c1-19-5-2-8-25(27)26(19)37(33,34)29-15-3-6-20(29)7-4-16-36(31,32)30-21-9-10-22(30)18-24(17-21)35-23-11-13-28-14-12-23/h2,5,8,11-14,20-22,24H,3-4,6-7,9-10,15-18H2,1H3/t20-,21+,22+/m0/s1. The highest BCUT2D eigenvalue weighted by Gasteiger charge is 2.47. The summed E-state index contributed by atoms with van der Waals surface area (Å²) in [5, 5.41) is 0.222. The minimum Gasteiger partial charge on any atom is -0.490 e. The van der Waals surface area contributed by atoms with E-state index in [1.54, 1.807) is 41.8 Å². The lowest BCUT2D eigenvalue weighted by Gasteiger charge is -2.38. The molecule has 0 unspecified atom stereocenters. The molecule has 3 saturated heterocycles. The van der Waals surface area contributed by atoms with Crippen molar-refractivity contribution in [3.8, 4) is 5.75 Å². The second-order valence-corrected chi connectivity index (χ2v) is 14.6. The van der Waals surface area contributed by atoms with Crippen LogP contribution < -0.4 is 4.74 Å². The Morgan fingerprint density at radius 2 is 1.73 bits per heavy atom. The average Bonchev–Trinajstić information content (AvgIpc) is 3.43. The van der Waals surface area contributed by atoms with Gasteiger partial charge >= 0.3 is 0 Å². The summed E-state index contributed by atoms with van der Waals surface area (Å²) >= 11 is 6.28. The van der Waals surface area contributed by atoms with E-state index in [0.29, 0.717) is 37.8 Å². The summed E-state index contributed by atoms with van der Waals surface area (Å²) in [6, 6.07) is 8.44. The van der Waals surface area contributed by atoms with Gasteiger partial charge in [-0.05, 0) is 69.2 Å². The van der Waals surface area contributed by atoms with Crippen molar-refractivity contribution in [1.82, 2.24) is 13.6 Å². The molecular formula is C26H34ClN3O5S2. The number of fused-ring (bicyclic) bond motifs is 2. The highest BCUT2D eigenvalue weighted by Crippen LogP contribution is 2.40. The number of halogens is 1. The minimum absolute atomic E-state index is 0.00290. The van der Waals surface area contributed by atoms with Gasteiger partial charge in [-0.1, -0.05) is 23.7 Å². The quantitative estimate of drug-likeness (QED) is 0.446. The number of pyridine rings is 1. The van der Waals surface area contributed by atoms with Crippen LogP contribution in [0, 0.1) is 6.92 Å². The third-order valence-corrected chi connectivity index (χ3v) is 12.5. The molecule has 2 bridgehead atoms. The number of piperidine rings is 1. The number of hydrogen-bond acceptors (Lipinski definition) is 6. The lowest BCUT2D eigenvalue weighted by Crippen LogP contribution is -2.50. The molecule has 0 N–H and O–H groups in total. The maximum atomic E-state index is 13.4. The molecule has 3 fully saturated rings. The van der Waals surface area contributed by atoms with E-state index < -0.39 is 20.0 Å². The number of aryl methyl sites for hydroxylation is 1. The zero-order valence-corrected chi connectivity index (χ0v) is 23.4. The van der Waals surface area contributed by atoms with Gasteiger partial charge in [0.15, 0.2) is 0 Å². The van der Waals surface area contributed by atoms with Gasteiger partial charge in [0.2, 0.25) is 20.0 Å². The van der Waals surface area contributed by atoms with Crippen molar-refractivity contribution in [3.05, 3.63) is 53.3 Å². The monoisotopic (exact) mass is 567 g/mol. The summed E-state index contributed by atoms with van der Waals surface area (Å²) in [6.45, 7) is 2.18. The third kappa shape index (κ3) is 5.54. The minimum atomic E-state index is -3.75. The first-order chi connectivity index (χ1) is 17.7. The van der Waals surface area contributed by atoms with Gasteiger partial charge < -0.3 is 4.74 Å². The zero-order valence-electron chi connectivity index (χ0n) is 21.0. The maximum Gasteiger partial charge on any atom is 0.245 e. The largest absolute Gasteiger partial charge is 0.490 e. The second kappa shape index (κ2) is 10.8. The van der Waals surface area contributed by atoms with Crippen molar-refractivity contribution >= 4 is 31.6 Å². The SMILES string of the molecule is Cc1cccc(Cl)c1S(=O)(=O)N1CCC[C@H]1CCCS(=O)(=O)N1[C@@H]2CC[C@@H]1CC(Oc1ccncc1)C2. The summed E-state index contributed by atoms with van der Waals surface area (Å²) in [7, 11) is -7.20. The molecule has 3 atom stereocenters. The molecule has 4 heterocycles. The van der Waals surface area contributed by atoms with Gasteiger partial charge in [0, 0.05) is 49.9 Å². The van der Waals surface area contributed by atoms with Gasteiger partial charge in [0.05, 0.1) is 10.8 Å². The van der Waals surface area contributed by atoms with Crippen LogP contribution in [0.4, 0.5) is 0 Å². The number of aromatic nitrogens is 1. The lowest BCUT2D eigenvalue weighted by atomic mass is 10.0. The fourth-order valence-corrected chi connectivity index (χ4v) is 10.9. The number of rotatable bonds is 9. The van der Waals surface area contributed by atoms with E-state index in [-0.39, 0.29) is 39.9 Å². The topological polar surface area (TPSA) is 96.9 Å². The maximum absolute atomic E-state index is 13.4. The Bertz CT molecular complexity index is 1290. The Morgan fingerprint density at radius 1 is 1.03 bits per heavy atom. The van der Waals surface area contributed by atoms with Crippen LogP contribution in [0.2, 0.25) is 5.02 Å². The molecule has 5 rings (SSSR count). The smallest absolute Gasteiger partial charge is 0.245 e. The molecule has 37 heavy (non-hydrogen) atoms. The van der Waals surface area contributed by atoms with Crippen molar-refractivity contribution in [2.75, 3.05) is 12.3 Å². The van der Waals surface area contributed by atoms with Crippen LogP contribution in [0.3, 0.4) is 0 Å². The van der Waals surface area contributed by atoms with E-state index in [2.05, 4.69) is 4.98 Å². The Hall–Kier alpha value is -1.72. The Balaban J connectivity index is 1.20. The van der Waals surface area contributed by atoms with Crippen LogP contribution in [0.1, 0.15) is 56.9 Å². The Morgan fingerprint density at radius 3 is 2.41 bits per heavy atom. The van der Waals surface area contributed by atoms with Gasteiger partial charge in [0.1, 0.15) is 16.7 Å². The molecule has 0 aliphatic carbocycles. The average molecular weight is 568 g/mol. The molecule has 8 nitrogen and oxygen atoms in total. The number of nitrogens with zero attached hydrogens (tertiary/aromatic N) is 3. The Kier molecular flexibility index (Phi) is 7.85. The first kappa shape index (κ1) is 26.9. The zero-order chi connectivity index (χ0) is 26.2. The van der Waals surface area contributed by atoms with Gasteiger partial charge in [-0.15, -0.1) is 0 Å². The van der Waals surface area contributed by atoms with Crippen LogP contribution in [-0.2, 0) is 20.0 Å². The van der Waals surface area contributed by atoms with Crippen molar-refractivity contribution < 1.29 is 21.6 Å². The van der Waals surface area contributed by atoms with Crippen molar-refractivity contribution in [1.29, 1.82) is 0 Å². The number of benzene rings is 1. The van der Waals surface area contributed by atoms with E-state index in [9.17, 15) is 16.8 Å². The molecule has 11 heteroatoms. The summed E-state index contributed by atoms with van der Waals surface area (Å²) in [5.74, 6) is 0.796. The van der Waals surface area contributed by atoms with Crippen LogP contribution in [0.25, 0.3) is 0 Å². The van der Waals surface area contributed by atoms with Crippen molar-refractivity contribution in [2.45, 2.75) is 87.4 Å². The van der Waals surface area contributed by atoms with Gasteiger partial charge in [0.25, 0.3) is 0 Å². The van der Waals surface area contributed by atoms with Crippen LogP contribution in [0.15, 0.2) is 47.6 Å². The molecule has 2 aromatic rings. The normalized spacial score (nSPS) is 27.0.